The minimum absolute atomic E-state index is 0.154. The van der Waals surface area contributed by atoms with Gasteiger partial charge in [0.15, 0.2) is 6.10 Å². The summed E-state index contributed by atoms with van der Waals surface area (Å²) in [6, 6.07) is 23.8. The van der Waals surface area contributed by atoms with Crippen LogP contribution in [0.5, 0.6) is 11.5 Å². The topological polar surface area (TPSA) is 108 Å². The molecule has 0 spiro atoms. The lowest BCUT2D eigenvalue weighted by molar-refractivity contribution is -0.146. The van der Waals surface area contributed by atoms with Crippen LogP contribution in [-0.4, -0.2) is 28.0 Å². The first-order valence-electron chi connectivity index (χ1n) is 9.37. The highest BCUT2D eigenvalue weighted by Crippen LogP contribution is 2.35. The predicted octanol–water partition coefficient (Wildman–Crippen LogP) is 3.48. The molecule has 0 fully saturated rings. The van der Waals surface area contributed by atoms with E-state index in [1.807, 2.05) is 48.5 Å². The average molecular weight is 409 g/mol. The number of aliphatic hydroxyl groups excluding tert-OH is 1. The van der Waals surface area contributed by atoms with Gasteiger partial charge < -0.3 is 24.9 Å². The molecule has 1 aliphatic heterocycles. The lowest BCUT2D eigenvalue weighted by atomic mass is 10.1. The Morgan fingerprint density at radius 2 is 1.73 bits per heavy atom. The smallest absolute Gasteiger partial charge is 0.337 e. The van der Waals surface area contributed by atoms with Crippen LogP contribution in [0.2, 0.25) is 0 Å². The molecule has 3 aromatic rings. The largest absolute Gasteiger partial charge is 0.491 e. The quantitative estimate of drug-likeness (QED) is 0.462. The molecule has 0 saturated heterocycles. The number of aliphatic carboxylic acids is 1. The fourth-order valence-electron chi connectivity index (χ4n) is 2.91. The van der Waals surface area contributed by atoms with Crippen LogP contribution in [0.25, 0.3) is 0 Å². The second-order valence-electron chi connectivity index (χ2n) is 6.62. The van der Waals surface area contributed by atoms with Crippen LogP contribution < -0.4 is 15.0 Å². The summed E-state index contributed by atoms with van der Waals surface area (Å²) in [6.07, 6.45) is -1.41. The first-order chi connectivity index (χ1) is 14.6. The number of hydrogen-bond donors (Lipinski definition) is 4. The number of hydroxylamine groups is 1. The van der Waals surface area contributed by atoms with E-state index < -0.39 is 12.1 Å². The second-order valence-corrected chi connectivity index (χ2v) is 6.62. The minimum Gasteiger partial charge on any atom is -0.491 e. The molecule has 0 saturated carbocycles. The van der Waals surface area contributed by atoms with Crippen molar-refractivity contribution >= 4 is 5.97 Å². The first-order valence-corrected chi connectivity index (χ1v) is 9.37. The zero-order valence-electron chi connectivity index (χ0n) is 16.1. The molecule has 0 aromatic heterocycles. The summed E-state index contributed by atoms with van der Waals surface area (Å²) in [4.78, 5) is 10.2. The molecule has 0 bridgehead atoms. The SMILES string of the molecule is O=C(O)[C@@H](O)c1ccccc1.ON[C@H]1COc2cc(OCc3ccccc3)ccc21. The van der Waals surface area contributed by atoms with Gasteiger partial charge in [0.25, 0.3) is 0 Å². The van der Waals surface area contributed by atoms with E-state index >= 15 is 0 Å². The van der Waals surface area contributed by atoms with E-state index in [2.05, 4.69) is 5.48 Å². The molecule has 2 atom stereocenters. The van der Waals surface area contributed by atoms with Crippen molar-refractivity contribution in [2.45, 2.75) is 18.8 Å². The summed E-state index contributed by atoms with van der Waals surface area (Å²) in [5, 5.41) is 26.4. The zero-order valence-corrected chi connectivity index (χ0v) is 16.1. The molecule has 1 aliphatic rings. The molecule has 1 heterocycles. The number of fused-ring (bicyclic) bond motifs is 1. The average Bonchev–Trinajstić information content (AvgIpc) is 3.21. The van der Waals surface area contributed by atoms with E-state index in [0.717, 1.165) is 22.6 Å². The number of nitrogens with one attached hydrogen (secondary N) is 1. The molecule has 0 unspecified atom stereocenters. The molecule has 0 aliphatic carbocycles. The Morgan fingerprint density at radius 3 is 2.37 bits per heavy atom. The van der Waals surface area contributed by atoms with Crippen LogP contribution in [0.1, 0.15) is 28.8 Å². The third-order valence-electron chi connectivity index (χ3n) is 4.52. The number of rotatable bonds is 6. The highest BCUT2D eigenvalue weighted by molar-refractivity contribution is 5.73. The predicted molar refractivity (Wildman–Crippen MR) is 109 cm³/mol. The number of hydrogen-bond acceptors (Lipinski definition) is 6. The maximum atomic E-state index is 10.2. The monoisotopic (exact) mass is 409 g/mol. The van der Waals surface area contributed by atoms with Crippen molar-refractivity contribution in [3.05, 3.63) is 95.6 Å². The van der Waals surface area contributed by atoms with E-state index in [-0.39, 0.29) is 6.04 Å². The van der Waals surface area contributed by atoms with Crippen LogP contribution in [-0.2, 0) is 11.4 Å². The number of carbonyl (C=O) groups is 1. The van der Waals surface area contributed by atoms with Gasteiger partial charge in [-0.1, -0.05) is 60.7 Å². The lowest BCUT2D eigenvalue weighted by Crippen LogP contribution is -2.17. The molecular weight excluding hydrogens is 386 g/mol. The van der Waals surface area contributed by atoms with E-state index in [4.69, 9.17) is 24.9 Å². The number of carboxylic acids is 1. The van der Waals surface area contributed by atoms with Gasteiger partial charge in [0.1, 0.15) is 24.7 Å². The van der Waals surface area contributed by atoms with E-state index in [9.17, 15) is 4.79 Å². The Kier molecular flexibility index (Phi) is 7.40. The lowest BCUT2D eigenvalue weighted by Gasteiger charge is -2.08. The Balaban J connectivity index is 0.000000199. The maximum absolute atomic E-state index is 10.2. The van der Waals surface area contributed by atoms with Crippen LogP contribution in [0.15, 0.2) is 78.9 Å². The molecule has 3 aromatic carbocycles. The van der Waals surface area contributed by atoms with Crippen LogP contribution in [0.3, 0.4) is 0 Å². The van der Waals surface area contributed by atoms with Crippen molar-refractivity contribution in [2.75, 3.05) is 6.61 Å². The van der Waals surface area contributed by atoms with Gasteiger partial charge in [-0.05, 0) is 23.3 Å². The fourth-order valence-corrected chi connectivity index (χ4v) is 2.91. The number of aliphatic hydroxyl groups is 1. The van der Waals surface area contributed by atoms with E-state index in [0.29, 0.717) is 18.8 Å². The highest BCUT2D eigenvalue weighted by Gasteiger charge is 2.23. The molecule has 30 heavy (non-hydrogen) atoms. The van der Waals surface area contributed by atoms with Gasteiger partial charge in [-0.3, -0.25) is 0 Å². The fraction of sp³-hybridized carbons (Fsp3) is 0.174. The first kappa shape index (κ1) is 21.3. The maximum Gasteiger partial charge on any atom is 0.337 e. The minimum atomic E-state index is -1.41. The van der Waals surface area contributed by atoms with Gasteiger partial charge in [-0.25, -0.2) is 4.79 Å². The van der Waals surface area contributed by atoms with Gasteiger partial charge in [0, 0.05) is 11.6 Å². The van der Waals surface area contributed by atoms with E-state index in [1.54, 1.807) is 30.3 Å². The normalized spacial score (nSPS) is 15.2. The molecule has 0 radical (unpaired) electrons. The van der Waals surface area contributed by atoms with Gasteiger partial charge >= 0.3 is 5.97 Å². The molecule has 4 rings (SSSR count). The molecule has 156 valence electrons. The van der Waals surface area contributed by atoms with Crippen LogP contribution in [0.4, 0.5) is 0 Å². The van der Waals surface area contributed by atoms with Crippen molar-refractivity contribution in [1.82, 2.24) is 5.48 Å². The summed E-state index contributed by atoms with van der Waals surface area (Å²) in [5.74, 6) is 0.300. The van der Waals surface area contributed by atoms with Crippen molar-refractivity contribution in [3.63, 3.8) is 0 Å². The number of ether oxygens (including phenoxy) is 2. The van der Waals surface area contributed by atoms with Crippen LogP contribution >= 0.6 is 0 Å². The third kappa shape index (κ3) is 5.57. The molecule has 7 nitrogen and oxygen atoms in total. The summed E-state index contributed by atoms with van der Waals surface area (Å²) in [5.41, 5.74) is 4.71. The molecule has 7 heteroatoms. The Morgan fingerprint density at radius 1 is 1.07 bits per heavy atom. The van der Waals surface area contributed by atoms with Crippen molar-refractivity contribution in [3.8, 4) is 11.5 Å². The summed E-state index contributed by atoms with van der Waals surface area (Å²) < 4.78 is 11.2. The number of benzene rings is 3. The Labute approximate surface area is 174 Å². The van der Waals surface area contributed by atoms with Crippen molar-refractivity contribution in [2.24, 2.45) is 0 Å². The van der Waals surface area contributed by atoms with Crippen molar-refractivity contribution in [1.29, 1.82) is 0 Å². The Bertz CT molecular complexity index is 948. The second kappa shape index (κ2) is 10.4. The van der Waals surface area contributed by atoms with E-state index in [1.165, 1.54) is 0 Å². The van der Waals surface area contributed by atoms with Gasteiger partial charge in [0.05, 0.1) is 6.04 Å². The molecular formula is C23H23NO6. The summed E-state index contributed by atoms with van der Waals surface area (Å²) in [7, 11) is 0. The standard InChI is InChI=1S/C15H15NO3.C8H8O3/c17-16-14-10-19-15-8-12(6-7-13(14)15)18-9-11-4-2-1-3-5-11;9-7(8(10)11)6-4-2-1-3-5-6/h1-8,14,16-17H,9-10H2;1-5,7,9H,(H,10,11)/t14-;7-/m00/s1. The zero-order chi connectivity index (χ0) is 21.3. The third-order valence-corrected chi connectivity index (χ3v) is 4.52. The number of carboxylic acid groups (broad SMARTS) is 1. The summed E-state index contributed by atoms with van der Waals surface area (Å²) >= 11 is 0. The highest BCUT2D eigenvalue weighted by atomic mass is 16.5. The summed E-state index contributed by atoms with van der Waals surface area (Å²) in [6.45, 7) is 0.968. The van der Waals surface area contributed by atoms with Crippen LogP contribution in [0, 0.1) is 0 Å². The van der Waals surface area contributed by atoms with Crippen molar-refractivity contribution < 1.29 is 29.7 Å². The Hall–Kier alpha value is -3.39. The molecule has 4 N–H and O–H groups in total. The van der Waals surface area contributed by atoms with Gasteiger partial charge in [-0.2, -0.15) is 5.48 Å². The van der Waals surface area contributed by atoms with Gasteiger partial charge in [-0.15, -0.1) is 0 Å². The van der Waals surface area contributed by atoms with Gasteiger partial charge in [0.2, 0.25) is 0 Å². The molecule has 0 amide bonds.